The number of aryl methyl sites for hydroxylation is 3. The van der Waals surface area contributed by atoms with E-state index >= 15 is 0 Å². The normalized spacial score (nSPS) is 17.3. The van der Waals surface area contributed by atoms with E-state index in [1.807, 2.05) is 32.9 Å². The van der Waals surface area contributed by atoms with Crippen molar-refractivity contribution in [3.05, 3.63) is 46.8 Å². The molecule has 0 radical (unpaired) electrons. The fraction of sp³-hybridized carbons (Fsp3) is 0.471. The Morgan fingerprint density at radius 1 is 1.04 bits per heavy atom. The van der Waals surface area contributed by atoms with Crippen molar-refractivity contribution in [1.29, 1.82) is 0 Å². The fourth-order valence-corrected chi connectivity index (χ4v) is 4.36. The van der Waals surface area contributed by atoms with Gasteiger partial charge in [0, 0.05) is 38.3 Å². The van der Waals surface area contributed by atoms with Crippen LogP contribution in [0.15, 0.2) is 33.7 Å². The van der Waals surface area contributed by atoms with E-state index < -0.39 is 10.0 Å². The second-order valence-corrected chi connectivity index (χ2v) is 8.23. The van der Waals surface area contributed by atoms with Gasteiger partial charge in [-0.3, -0.25) is 4.90 Å². The maximum Gasteiger partial charge on any atom is 0.243 e. The Hall–Kier alpha value is -1.70. The van der Waals surface area contributed by atoms with Gasteiger partial charge in [0.05, 0.1) is 10.6 Å². The van der Waals surface area contributed by atoms with Crippen LogP contribution in [0.5, 0.6) is 0 Å². The topological polar surface area (TPSA) is 66.7 Å². The zero-order chi connectivity index (χ0) is 17.3. The van der Waals surface area contributed by atoms with Crippen LogP contribution in [-0.4, -0.2) is 49.0 Å². The molecule has 0 N–H and O–H groups in total. The van der Waals surface area contributed by atoms with Crippen LogP contribution in [0.2, 0.25) is 0 Å². The van der Waals surface area contributed by atoms with Gasteiger partial charge < -0.3 is 4.52 Å². The average Bonchev–Trinajstić information content (AvgIpc) is 2.88. The molecule has 0 aliphatic carbocycles. The molecule has 0 unspecified atom stereocenters. The molecule has 0 spiro atoms. The van der Waals surface area contributed by atoms with Crippen molar-refractivity contribution in [2.75, 3.05) is 26.2 Å². The summed E-state index contributed by atoms with van der Waals surface area (Å²) in [7, 11) is -3.40. The highest BCUT2D eigenvalue weighted by atomic mass is 32.2. The number of rotatable bonds is 4. The third-order valence-corrected chi connectivity index (χ3v) is 6.47. The summed E-state index contributed by atoms with van der Waals surface area (Å²) < 4.78 is 32.2. The molecule has 1 aliphatic heterocycles. The Morgan fingerprint density at radius 3 is 2.21 bits per heavy atom. The molecular formula is C17H23N3O3S. The third kappa shape index (κ3) is 3.38. The average molecular weight is 349 g/mol. The predicted molar refractivity (Wildman–Crippen MR) is 91.2 cm³/mol. The summed E-state index contributed by atoms with van der Waals surface area (Å²) in [6, 6.07) is 7.03. The van der Waals surface area contributed by atoms with Crippen LogP contribution in [0.1, 0.15) is 22.6 Å². The molecule has 0 atom stereocenters. The highest BCUT2D eigenvalue weighted by molar-refractivity contribution is 7.89. The summed E-state index contributed by atoms with van der Waals surface area (Å²) in [6.07, 6.45) is 0. The van der Waals surface area contributed by atoms with Crippen LogP contribution in [0.3, 0.4) is 0 Å². The maximum absolute atomic E-state index is 12.7. The van der Waals surface area contributed by atoms with Gasteiger partial charge >= 0.3 is 0 Å². The van der Waals surface area contributed by atoms with E-state index in [0.717, 1.165) is 29.1 Å². The van der Waals surface area contributed by atoms with E-state index in [1.165, 1.54) is 0 Å². The van der Waals surface area contributed by atoms with Crippen LogP contribution >= 0.6 is 0 Å². The van der Waals surface area contributed by atoms with E-state index in [1.54, 1.807) is 16.4 Å². The van der Waals surface area contributed by atoms with Gasteiger partial charge in [0.2, 0.25) is 10.0 Å². The van der Waals surface area contributed by atoms with Gasteiger partial charge in [-0.2, -0.15) is 4.31 Å². The predicted octanol–water partition coefficient (Wildman–Crippen LogP) is 2.11. The minimum atomic E-state index is -3.40. The minimum Gasteiger partial charge on any atom is -0.361 e. The largest absolute Gasteiger partial charge is 0.361 e. The Labute approximate surface area is 143 Å². The zero-order valence-electron chi connectivity index (χ0n) is 14.3. The molecule has 6 nitrogen and oxygen atoms in total. The van der Waals surface area contributed by atoms with Crippen LogP contribution < -0.4 is 0 Å². The molecule has 130 valence electrons. The molecule has 0 saturated carbocycles. The lowest BCUT2D eigenvalue weighted by Gasteiger charge is -2.33. The monoisotopic (exact) mass is 349 g/mol. The summed E-state index contributed by atoms with van der Waals surface area (Å²) in [5, 5.41) is 3.97. The minimum absolute atomic E-state index is 0.368. The Balaban J connectivity index is 1.65. The van der Waals surface area contributed by atoms with E-state index in [2.05, 4.69) is 10.1 Å². The Kier molecular flexibility index (Phi) is 4.76. The molecule has 7 heteroatoms. The molecule has 1 fully saturated rings. The number of nitrogens with zero attached hydrogens (tertiary/aromatic N) is 3. The number of hydrogen-bond donors (Lipinski definition) is 0. The van der Waals surface area contributed by atoms with Crippen molar-refractivity contribution in [1.82, 2.24) is 14.4 Å². The fourth-order valence-electron chi connectivity index (χ4n) is 2.94. The van der Waals surface area contributed by atoms with Crippen molar-refractivity contribution in [3.8, 4) is 0 Å². The third-order valence-electron chi connectivity index (χ3n) is 4.55. The number of aromatic nitrogens is 1. The maximum atomic E-state index is 12.7. The van der Waals surface area contributed by atoms with Gasteiger partial charge in [-0.1, -0.05) is 22.9 Å². The first-order valence-corrected chi connectivity index (χ1v) is 9.53. The summed E-state index contributed by atoms with van der Waals surface area (Å²) in [6.45, 7) is 8.95. The van der Waals surface area contributed by atoms with Crippen LogP contribution in [0, 0.1) is 20.8 Å². The van der Waals surface area contributed by atoms with Crippen molar-refractivity contribution in [2.24, 2.45) is 0 Å². The van der Waals surface area contributed by atoms with Gasteiger partial charge in [0.15, 0.2) is 0 Å². The van der Waals surface area contributed by atoms with Gasteiger partial charge in [0.25, 0.3) is 0 Å². The van der Waals surface area contributed by atoms with E-state index in [-0.39, 0.29) is 0 Å². The Bertz CT molecular complexity index is 785. The van der Waals surface area contributed by atoms with E-state index in [4.69, 9.17) is 4.52 Å². The first-order chi connectivity index (χ1) is 11.4. The van der Waals surface area contributed by atoms with E-state index in [0.29, 0.717) is 31.1 Å². The molecule has 1 saturated heterocycles. The SMILES string of the molecule is Cc1ccc(S(=O)(=O)N2CCN(Cc3c(C)noc3C)CC2)cc1. The second kappa shape index (κ2) is 6.66. The lowest BCUT2D eigenvalue weighted by atomic mass is 10.2. The second-order valence-electron chi connectivity index (χ2n) is 6.30. The molecule has 24 heavy (non-hydrogen) atoms. The van der Waals surface area contributed by atoms with Gasteiger partial charge in [-0.25, -0.2) is 8.42 Å². The lowest BCUT2D eigenvalue weighted by molar-refractivity contribution is 0.180. The molecule has 1 aromatic carbocycles. The van der Waals surface area contributed by atoms with Crippen LogP contribution in [0.4, 0.5) is 0 Å². The highest BCUT2D eigenvalue weighted by Gasteiger charge is 2.29. The standard InChI is InChI=1S/C17H23N3O3S/c1-13-4-6-16(7-5-13)24(21,22)20-10-8-19(9-11-20)12-17-14(2)18-23-15(17)3/h4-7H,8-12H2,1-3H3. The molecule has 0 bridgehead atoms. The van der Waals surface area contributed by atoms with Crippen molar-refractivity contribution in [2.45, 2.75) is 32.2 Å². The van der Waals surface area contributed by atoms with Gasteiger partial charge in [0.1, 0.15) is 5.76 Å². The first-order valence-electron chi connectivity index (χ1n) is 8.09. The molecule has 1 aliphatic rings. The van der Waals surface area contributed by atoms with Crippen LogP contribution in [-0.2, 0) is 16.6 Å². The quantitative estimate of drug-likeness (QED) is 0.846. The summed E-state index contributed by atoms with van der Waals surface area (Å²) in [5.74, 6) is 0.835. The zero-order valence-corrected chi connectivity index (χ0v) is 15.1. The molecule has 2 aromatic rings. The smallest absolute Gasteiger partial charge is 0.243 e. The van der Waals surface area contributed by atoms with E-state index in [9.17, 15) is 8.42 Å². The van der Waals surface area contributed by atoms with Gasteiger partial charge in [-0.05, 0) is 32.9 Å². The molecule has 3 rings (SSSR count). The molecular weight excluding hydrogens is 326 g/mol. The molecule has 2 heterocycles. The van der Waals surface area contributed by atoms with Crippen molar-refractivity contribution >= 4 is 10.0 Å². The number of sulfonamides is 1. The summed E-state index contributed by atoms with van der Waals surface area (Å²) in [4.78, 5) is 2.61. The van der Waals surface area contributed by atoms with Crippen LogP contribution in [0.25, 0.3) is 0 Å². The van der Waals surface area contributed by atoms with Crippen molar-refractivity contribution < 1.29 is 12.9 Å². The number of benzene rings is 1. The number of hydrogen-bond acceptors (Lipinski definition) is 5. The molecule has 0 amide bonds. The first kappa shape index (κ1) is 17.1. The van der Waals surface area contributed by atoms with Gasteiger partial charge in [-0.15, -0.1) is 0 Å². The van der Waals surface area contributed by atoms with Crippen molar-refractivity contribution in [3.63, 3.8) is 0 Å². The molecule has 1 aromatic heterocycles. The highest BCUT2D eigenvalue weighted by Crippen LogP contribution is 2.20. The summed E-state index contributed by atoms with van der Waals surface area (Å²) >= 11 is 0. The Morgan fingerprint density at radius 2 is 1.67 bits per heavy atom. The number of piperazine rings is 1. The summed E-state index contributed by atoms with van der Waals surface area (Å²) in [5.41, 5.74) is 3.06. The lowest BCUT2D eigenvalue weighted by Crippen LogP contribution is -2.48.